The molecule has 0 unspecified atom stereocenters. The second-order valence-electron chi connectivity index (χ2n) is 5.12. The van der Waals surface area contributed by atoms with E-state index in [0.29, 0.717) is 24.4 Å². The summed E-state index contributed by atoms with van der Waals surface area (Å²) in [7, 11) is -0.473. The first-order valence-electron chi connectivity index (χ1n) is 6.99. The van der Waals surface area contributed by atoms with Crippen LogP contribution in [0.2, 0.25) is 0 Å². The summed E-state index contributed by atoms with van der Waals surface area (Å²) in [6.07, 6.45) is 5.37. The number of amides is 1. The molecule has 0 aliphatic carbocycles. The number of aromatic nitrogens is 2. The van der Waals surface area contributed by atoms with Gasteiger partial charge >= 0.3 is 7.12 Å². The minimum atomic E-state index is -0.473. The Morgan fingerprint density at radius 3 is 3.27 bits per heavy atom. The molecule has 1 aromatic heterocycles. The SMILES string of the molecule is C=C1C[C@H]2C=CC[C@H](NC(=O)CSc3nnc(C)s3)B(O1)O2. The molecule has 2 bridgehead atoms. The Morgan fingerprint density at radius 2 is 2.50 bits per heavy atom. The second kappa shape index (κ2) is 6.85. The molecule has 2 atom stereocenters. The highest BCUT2D eigenvalue weighted by Crippen LogP contribution is 2.25. The van der Waals surface area contributed by atoms with E-state index in [1.54, 1.807) is 0 Å². The van der Waals surface area contributed by atoms with Gasteiger partial charge in [-0.05, 0) is 13.3 Å². The fraction of sp³-hybridized carbons (Fsp3) is 0.462. The standard InChI is InChI=1S/C13H16BN3O3S2/c1-8-6-10-4-3-5-11(14(19-8)20-10)15-12(18)7-21-13-17-16-9(2)22-13/h3-4,10-11H,1,5-7H2,2H3,(H,15,18)/t10-,11+/m1/s1. The summed E-state index contributed by atoms with van der Waals surface area (Å²) in [5.41, 5.74) is 0. The molecule has 6 nitrogen and oxygen atoms in total. The van der Waals surface area contributed by atoms with Crippen molar-refractivity contribution < 1.29 is 14.1 Å². The van der Waals surface area contributed by atoms with Gasteiger partial charge in [0.1, 0.15) is 5.01 Å². The zero-order chi connectivity index (χ0) is 15.5. The molecule has 9 heteroatoms. The average Bonchev–Trinajstić information content (AvgIpc) is 2.83. The van der Waals surface area contributed by atoms with Gasteiger partial charge in [0.25, 0.3) is 0 Å². The molecule has 0 radical (unpaired) electrons. The van der Waals surface area contributed by atoms with Gasteiger partial charge in [0.05, 0.1) is 23.6 Å². The Balaban J connectivity index is 1.54. The summed E-state index contributed by atoms with van der Waals surface area (Å²) in [5.74, 6) is 0.720. The highest BCUT2D eigenvalue weighted by molar-refractivity contribution is 8.01. The molecule has 2 aliphatic heterocycles. The van der Waals surface area contributed by atoms with Crippen molar-refractivity contribution in [3.05, 3.63) is 29.5 Å². The number of thioether (sulfide) groups is 1. The van der Waals surface area contributed by atoms with Crippen LogP contribution in [0.15, 0.2) is 28.8 Å². The smallest absolute Gasteiger partial charge is 0.538 e. The van der Waals surface area contributed by atoms with Gasteiger partial charge in [-0.2, -0.15) is 0 Å². The van der Waals surface area contributed by atoms with Crippen LogP contribution in [0.25, 0.3) is 0 Å². The Morgan fingerprint density at radius 1 is 1.64 bits per heavy atom. The van der Waals surface area contributed by atoms with E-state index in [1.807, 2.05) is 19.1 Å². The monoisotopic (exact) mass is 337 g/mol. The van der Waals surface area contributed by atoms with Crippen LogP contribution in [0, 0.1) is 6.92 Å². The van der Waals surface area contributed by atoms with Crippen LogP contribution in [-0.2, 0) is 14.1 Å². The molecule has 0 spiro atoms. The minimum absolute atomic E-state index is 0.00750. The number of nitrogens with zero attached hydrogens (tertiary/aromatic N) is 2. The lowest BCUT2D eigenvalue weighted by atomic mass is 9.75. The summed E-state index contributed by atoms with van der Waals surface area (Å²) in [6.45, 7) is 5.75. The van der Waals surface area contributed by atoms with E-state index in [2.05, 4.69) is 22.1 Å². The molecule has 0 aromatic carbocycles. The maximum absolute atomic E-state index is 12.1. The van der Waals surface area contributed by atoms with Crippen LogP contribution in [0.5, 0.6) is 0 Å². The van der Waals surface area contributed by atoms with Crippen LogP contribution >= 0.6 is 23.1 Å². The molecule has 1 fully saturated rings. The van der Waals surface area contributed by atoms with E-state index in [0.717, 1.165) is 9.35 Å². The quantitative estimate of drug-likeness (QED) is 0.512. The van der Waals surface area contributed by atoms with Crippen LogP contribution in [-0.4, -0.2) is 41.0 Å². The Kier molecular flexibility index (Phi) is 4.85. The fourth-order valence-electron chi connectivity index (χ4n) is 2.30. The Bertz CT molecular complexity index is 607. The van der Waals surface area contributed by atoms with Gasteiger partial charge in [0.2, 0.25) is 5.91 Å². The average molecular weight is 337 g/mol. The van der Waals surface area contributed by atoms with Crippen molar-refractivity contribution in [3.63, 3.8) is 0 Å². The van der Waals surface area contributed by atoms with Crippen molar-refractivity contribution in [1.29, 1.82) is 0 Å². The maximum Gasteiger partial charge on any atom is 0.549 e. The van der Waals surface area contributed by atoms with Crippen LogP contribution < -0.4 is 5.32 Å². The number of hydrogen-bond donors (Lipinski definition) is 1. The molecule has 1 aromatic rings. The predicted octanol–water partition coefficient (Wildman–Crippen LogP) is 1.73. The van der Waals surface area contributed by atoms with Gasteiger partial charge in [-0.25, -0.2) is 0 Å². The summed E-state index contributed by atoms with van der Waals surface area (Å²) in [5, 5.41) is 11.8. The summed E-state index contributed by atoms with van der Waals surface area (Å²) in [6, 6.07) is 0. The minimum Gasteiger partial charge on any atom is -0.538 e. The van der Waals surface area contributed by atoms with Gasteiger partial charge in [-0.3, -0.25) is 4.79 Å². The molecule has 3 heterocycles. The molecule has 1 amide bonds. The lowest BCUT2D eigenvalue weighted by Crippen LogP contribution is -2.51. The van der Waals surface area contributed by atoms with Crippen molar-refractivity contribution in [2.75, 3.05) is 5.75 Å². The zero-order valence-corrected chi connectivity index (χ0v) is 13.8. The number of aryl methyl sites for hydroxylation is 1. The molecule has 1 N–H and O–H groups in total. The molecular weight excluding hydrogens is 321 g/mol. The Hall–Kier alpha value is -1.32. The predicted molar refractivity (Wildman–Crippen MR) is 86.5 cm³/mol. The third-order valence-corrected chi connectivity index (χ3v) is 5.24. The van der Waals surface area contributed by atoms with E-state index >= 15 is 0 Å². The molecule has 3 rings (SSSR count). The second-order valence-corrected chi connectivity index (χ2v) is 7.52. The molecule has 116 valence electrons. The van der Waals surface area contributed by atoms with Crippen molar-refractivity contribution in [1.82, 2.24) is 15.5 Å². The number of carbonyl (C=O) groups excluding carboxylic acids is 1. The van der Waals surface area contributed by atoms with E-state index in [4.69, 9.17) is 9.31 Å². The summed E-state index contributed by atoms with van der Waals surface area (Å²) >= 11 is 2.87. The number of hydrogen-bond acceptors (Lipinski definition) is 7. The van der Waals surface area contributed by atoms with Crippen molar-refractivity contribution in [2.45, 2.75) is 36.2 Å². The number of nitrogens with one attached hydrogen (secondary N) is 1. The molecular formula is C13H16BN3O3S2. The number of rotatable bonds is 4. The van der Waals surface area contributed by atoms with E-state index in [1.165, 1.54) is 23.1 Å². The lowest BCUT2D eigenvalue weighted by molar-refractivity contribution is -0.119. The zero-order valence-electron chi connectivity index (χ0n) is 12.2. The highest BCUT2D eigenvalue weighted by Gasteiger charge is 2.40. The van der Waals surface area contributed by atoms with E-state index < -0.39 is 7.12 Å². The Labute approximate surface area is 137 Å². The topological polar surface area (TPSA) is 73.3 Å². The molecule has 1 saturated heterocycles. The van der Waals surface area contributed by atoms with Gasteiger partial charge < -0.3 is 14.6 Å². The first-order valence-corrected chi connectivity index (χ1v) is 8.79. The van der Waals surface area contributed by atoms with Crippen LogP contribution in [0.3, 0.4) is 0 Å². The summed E-state index contributed by atoms with van der Waals surface area (Å²) < 4.78 is 12.2. The summed E-state index contributed by atoms with van der Waals surface area (Å²) in [4.78, 5) is 12.1. The van der Waals surface area contributed by atoms with Crippen molar-refractivity contribution >= 4 is 36.1 Å². The van der Waals surface area contributed by atoms with Crippen LogP contribution in [0.1, 0.15) is 17.8 Å². The fourth-order valence-corrected chi connectivity index (χ4v) is 3.93. The number of carbonyl (C=O) groups is 1. The lowest BCUT2D eigenvalue weighted by Gasteiger charge is -2.30. The largest absolute Gasteiger partial charge is 0.549 e. The molecule has 0 saturated carbocycles. The van der Waals surface area contributed by atoms with Gasteiger partial charge in [0.15, 0.2) is 4.34 Å². The first-order chi connectivity index (χ1) is 10.6. The third-order valence-electron chi connectivity index (χ3n) is 3.27. The van der Waals surface area contributed by atoms with Gasteiger partial charge in [-0.15, -0.1) is 10.2 Å². The highest BCUT2D eigenvalue weighted by atomic mass is 32.2. The van der Waals surface area contributed by atoms with Crippen LogP contribution in [0.4, 0.5) is 0 Å². The van der Waals surface area contributed by atoms with E-state index in [-0.39, 0.29) is 18.0 Å². The van der Waals surface area contributed by atoms with Crippen molar-refractivity contribution in [3.8, 4) is 0 Å². The van der Waals surface area contributed by atoms with Gasteiger partial charge in [-0.1, -0.05) is 41.8 Å². The number of fused-ring (bicyclic) bond motifs is 2. The normalized spacial score (nSPS) is 23.9. The molecule has 22 heavy (non-hydrogen) atoms. The molecule has 2 aliphatic rings. The van der Waals surface area contributed by atoms with Gasteiger partial charge in [0, 0.05) is 6.42 Å². The third kappa shape index (κ3) is 3.90. The first kappa shape index (κ1) is 15.6. The maximum atomic E-state index is 12.1. The van der Waals surface area contributed by atoms with Crippen molar-refractivity contribution in [2.24, 2.45) is 0 Å². The van der Waals surface area contributed by atoms with E-state index in [9.17, 15) is 4.79 Å².